The number of carbonyl (C=O) groups excluding carboxylic acids is 2. The second-order valence-electron chi connectivity index (χ2n) is 5.77. The van der Waals surface area contributed by atoms with Gasteiger partial charge >= 0.3 is 0 Å². The molecule has 1 atom stereocenters. The molecule has 6 nitrogen and oxygen atoms in total. The molecule has 0 saturated carbocycles. The van der Waals surface area contributed by atoms with Gasteiger partial charge in [0.2, 0.25) is 5.91 Å². The first-order valence-corrected chi connectivity index (χ1v) is 7.85. The van der Waals surface area contributed by atoms with E-state index in [4.69, 9.17) is 0 Å². The summed E-state index contributed by atoms with van der Waals surface area (Å²) < 4.78 is 1.31. The van der Waals surface area contributed by atoms with Gasteiger partial charge in [-0.2, -0.15) is 0 Å². The Hall–Kier alpha value is -3.28. The molecule has 25 heavy (non-hydrogen) atoms. The van der Waals surface area contributed by atoms with E-state index in [2.05, 4.69) is 10.3 Å². The highest BCUT2D eigenvalue weighted by Gasteiger charge is 2.17. The van der Waals surface area contributed by atoms with Crippen molar-refractivity contribution in [2.45, 2.75) is 19.9 Å². The summed E-state index contributed by atoms with van der Waals surface area (Å²) in [5.74, 6) is -0.380. The minimum atomic E-state index is -0.725. The maximum Gasteiger partial charge on any atom is 0.261 e. The molecule has 6 heteroatoms. The second-order valence-corrected chi connectivity index (χ2v) is 5.77. The number of aromatic nitrogens is 2. The first-order valence-electron chi connectivity index (χ1n) is 7.85. The summed E-state index contributed by atoms with van der Waals surface area (Å²) in [5, 5.41) is 3.21. The van der Waals surface area contributed by atoms with Crippen LogP contribution in [0, 0.1) is 0 Å². The number of benzene rings is 2. The van der Waals surface area contributed by atoms with Crippen LogP contribution >= 0.6 is 0 Å². The predicted octanol–water partition coefficient (Wildman–Crippen LogP) is 2.80. The Morgan fingerprint density at radius 3 is 2.44 bits per heavy atom. The Balaban J connectivity index is 1.84. The zero-order valence-corrected chi connectivity index (χ0v) is 13.9. The monoisotopic (exact) mass is 335 g/mol. The summed E-state index contributed by atoms with van der Waals surface area (Å²) in [6, 6.07) is 12.9. The highest BCUT2D eigenvalue weighted by atomic mass is 16.2. The number of anilines is 1. The smallest absolute Gasteiger partial charge is 0.261 e. The van der Waals surface area contributed by atoms with E-state index in [-0.39, 0.29) is 17.2 Å². The van der Waals surface area contributed by atoms with Crippen LogP contribution in [0.1, 0.15) is 30.2 Å². The number of amides is 1. The Labute approximate surface area is 144 Å². The molecule has 1 unspecified atom stereocenters. The molecule has 126 valence electrons. The topological polar surface area (TPSA) is 81.1 Å². The fraction of sp³-hybridized carbons (Fsp3) is 0.158. The Kier molecular flexibility index (Phi) is 4.43. The molecule has 1 aromatic heterocycles. The minimum Gasteiger partial charge on any atom is -0.324 e. The highest BCUT2D eigenvalue weighted by Crippen LogP contribution is 2.14. The molecular weight excluding hydrogens is 318 g/mol. The van der Waals surface area contributed by atoms with E-state index in [1.54, 1.807) is 55.5 Å². The van der Waals surface area contributed by atoms with Crippen molar-refractivity contribution in [2.24, 2.45) is 0 Å². The van der Waals surface area contributed by atoms with Crippen LogP contribution in [0.5, 0.6) is 0 Å². The number of nitrogens with one attached hydrogen (secondary N) is 1. The Morgan fingerprint density at radius 1 is 1.08 bits per heavy atom. The lowest BCUT2D eigenvalue weighted by Crippen LogP contribution is -2.31. The minimum absolute atomic E-state index is 0.0416. The number of Topliss-reactive ketones (excluding diaryl/α,β-unsaturated/α-hetero) is 1. The molecule has 1 heterocycles. The number of nitrogens with zero attached hydrogens (tertiary/aromatic N) is 2. The van der Waals surface area contributed by atoms with Gasteiger partial charge in [-0.3, -0.25) is 19.0 Å². The van der Waals surface area contributed by atoms with Gasteiger partial charge in [-0.1, -0.05) is 12.1 Å². The molecule has 0 spiro atoms. The maximum absolute atomic E-state index is 12.6. The molecule has 0 radical (unpaired) electrons. The fourth-order valence-electron chi connectivity index (χ4n) is 2.52. The van der Waals surface area contributed by atoms with Crippen LogP contribution in [0.25, 0.3) is 10.9 Å². The van der Waals surface area contributed by atoms with Crippen LogP contribution in [-0.4, -0.2) is 21.2 Å². The number of carbonyl (C=O) groups is 2. The van der Waals surface area contributed by atoms with Gasteiger partial charge in [-0.25, -0.2) is 4.98 Å². The van der Waals surface area contributed by atoms with Crippen LogP contribution in [0.3, 0.4) is 0 Å². The zero-order valence-electron chi connectivity index (χ0n) is 13.9. The van der Waals surface area contributed by atoms with Crippen LogP contribution in [0.2, 0.25) is 0 Å². The van der Waals surface area contributed by atoms with Crippen LogP contribution in [-0.2, 0) is 4.79 Å². The lowest BCUT2D eigenvalue weighted by atomic mass is 10.1. The Morgan fingerprint density at radius 2 is 1.76 bits per heavy atom. The van der Waals surface area contributed by atoms with E-state index in [0.717, 1.165) is 0 Å². The van der Waals surface area contributed by atoms with E-state index in [1.807, 2.05) is 0 Å². The standard InChI is InChI=1S/C19H17N3O3/c1-12(18(24)21-15-9-7-14(8-10-15)13(2)23)22-11-20-17-6-4-3-5-16(17)19(22)25/h3-12H,1-2H3,(H,21,24). The summed E-state index contributed by atoms with van der Waals surface area (Å²) in [6.07, 6.45) is 1.38. The van der Waals surface area contributed by atoms with Crippen molar-refractivity contribution in [3.8, 4) is 0 Å². The van der Waals surface area contributed by atoms with Crippen LogP contribution in [0.15, 0.2) is 59.7 Å². The van der Waals surface area contributed by atoms with Gasteiger partial charge in [-0.15, -0.1) is 0 Å². The van der Waals surface area contributed by atoms with E-state index in [0.29, 0.717) is 22.2 Å². The molecule has 0 bridgehead atoms. The first kappa shape index (κ1) is 16.6. The van der Waals surface area contributed by atoms with E-state index >= 15 is 0 Å². The van der Waals surface area contributed by atoms with Crippen molar-refractivity contribution >= 4 is 28.3 Å². The van der Waals surface area contributed by atoms with E-state index < -0.39 is 6.04 Å². The Bertz CT molecular complexity index is 1010. The van der Waals surface area contributed by atoms with Gasteiger partial charge in [0.15, 0.2) is 5.78 Å². The average molecular weight is 335 g/mol. The van der Waals surface area contributed by atoms with Gasteiger partial charge in [-0.05, 0) is 50.2 Å². The van der Waals surface area contributed by atoms with Crippen molar-refractivity contribution in [3.63, 3.8) is 0 Å². The molecule has 3 aromatic rings. The third kappa shape index (κ3) is 3.33. The third-order valence-corrected chi connectivity index (χ3v) is 4.05. The number of fused-ring (bicyclic) bond motifs is 1. The van der Waals surface area contributed by atoms with E-state index in [1.165, 1.54) is 17.8 Å². The number of rotatable bonds is 4. The fourth-order valence-corrected chi connectivity index (χ4v) is 2.52. The predicted molar refractivity (Wildman–Crippen MR) is 95.8 cm³/mol. The quantitative estimate of drug-likeness (QED) is 0.743. The number of para-hydroxylation sites is 1. The van der Waals surface area contributed by atoms with Crippen molar-refractivity contribution in [1.29, 1.82) is 0 Å². The second kappa shape index (κ2) is 6.68. The molecule has 0 saturated heterocycles. The molecule has 3 rings (SSSR count). The molecule has 0 fully saturated rings. The van der Waals surface area contributed by atoms with Crippen LogP contribution < -0.4 is 10.9 Å². The van der Waals surface area contributed by atoms with Crippen molar-refractivity contribution in [3.05, 3.63) is 70.8 Å². The number of hydrogen-bond acceptors (Lipinski definition) is 4. The van der Waals surface area contributed by atoms with Gasteiger partial charge in [0.1, 0.15) is 6.04 Å². The summed E-state index contributed by atoms with van der Waals surface area (Å²) in [4.78, 5) is 40.5. The normalized spacial score (nSPS) is 11.9. The molecule has 2 aromatic carbocycles. The molecule has 1 N–H and O–H groups in total. The van der Waals surface area contributed by atoms with Crippen LogP contribution in [0.4, 0.5) is 5.69 Å². The number of hydrogen-bond donors (Lipinski definition) is 1. The lowest BCUT2D eigenvalue weighted by molar-refractivity contribution is -0.118. The van der Waals surface area contributed by atoms with Crippen molar-refractivity contribution < 1.29 is 9.59 Å². The molecule has 0 aliphatic carbocycles. The van der Waals surface area contributed by atoms with Gasteiger partial charge < -0.3 is 5.32 Å². The van der Waals surface area contributed by atoms with E-state index in [9.17, 15) is 14.4 Å². The lowest BCUT2D eigenvalue weighted by Gasteiger charge is -2.15. The zero-order chi connectivity index (χ0) is 18.0. The summed E-state index contributed by atoms with van der Waals surface area (Å²) in [7, 11) is 0. The molecule has 0 aliphatic heterocycles. The first-order chi connectivity index (χ1) is 12.0. The van der Waals surface area contributed by atoms with Gasteiger partial charge in [0.05, 0.1) is 17.2 Å². The molecular formula is C19H17N3O3. The molecule has 0 aliphatic rings. The number of ketones is 1. The summed E-state index contributed by atoms with van der Waals surface area (Å²) >= 11 is 0. The van der Waals surface area contributed by atoms with Crippen molar-refractivity contribution in [2.75, 3.05) is 5.32 Å². The third-order valence-electron chi connectivity index (χ3n) is 4.05. The SMILES string of the molecule is CC(=O)c1ccc(NC(=O)C(C)n2cnc3ccccc3c2=O)cc1. The maximum atomic E-state index is 12.6. The van der Waals surface area contributed by atoms with Crippen molar-refractivity contribution in [1.82, 2.24) is 9.55 Å². The average Bonchev–Trinajstić information content (AvgIpc) is 2.62. The van der Waals surface area contributed by atoms with Gasteiger partial charge in [0.25, 0.3) is 5.56 Å². The summed E-state index contributed by atoms with van der Waals surface area (Å²) in [6.45, 7) is 3.12. The summed E-state index contributed by atoms with van der Waals surface area (Å²) in [5.41, 5.74) is 1.46. The largest absolute Gasteiger partial charge is 0.324 e. The highest BCUT2D eigenvalue weighted by molar-refractivity contribution is 5.96. The molecule has 1 amide bonds. The van der Waals surface area contributed by atoms with Gasteiger partial charge in [0, 0.05) is 11.3 Å².